The van der Waals surface area contributed by atoms with Crippen LogP contribution in [0.2, 0.25) is 0 Å². The van der Waals surface area contributed by atoms with E-state index in [1.165, 1.54) is 0 Å². The Morgan fingerprint density at radius 1 is 1.05 bits per heavy atom. The van der Waals surface area contributed by atoms with Gasteiger partial charge in [-0.05, 0) is 81.0 Å². The average Bonchev–Trinajstić information content (AvgIpc) is 3.22. The maximum Gasteiger partial charge on any atom is 0.245 e. The first-order valence-corrected chi connectivity index (χ1v) is 14.9. The highest BCUT2D eigenvalue weighted by molar-refractivity contribution is 7.89. The lowest BCUT2D eigenvalue weighted by Gasteiger charge is -2.27. The lowest BCUT2D eigenvalue weighted by molar-refractivity contribution is -0.116. The van der Waals surface area contributed by atoms with E-state index in [2.05, 4.69) is 34.9 Å². The molecule has 2 N–H and O–H groups in total. The Kier molecular flexibility index (Phi) is 6.96. The number of rotatable bonds is 5. The molecular weight excluding hydrogens is 524 g/mol. The highest BCUT2D eigenvalue weighted by atomic mass is 32.2. The maximum absolute atomic E-state index is 12.9. The number of carbonyl (C=O) groups excluding carboxylic acids is 1. The van der Waals surface area contributed by atoms with Gasteiger partial charge in [0.1, 0.15) is 0 Å². The molecule has 1 aliphatic heterocycles. The summed E-state index contributed by atoms with van der Waals surface area (Å²) in [6, 6.07) is 16.7. The molecule has 0 radical (unpaired) electrons. The van der Waals surface area contributed by atoms with Gasteiger partial charge in [-0.15, -0.1) is 5.10 Å². The van der Waals surface area contributed by atoms with Crippen molar-refractivity contribution in [2.45, 2.75) is 70.2 Å². The Balaban J connectivity index is 1.50. The summed E-state index contributed by atoms with van der Waals surface area (Å²) in [5, 5.41) is 8.02. The third kappa shape index (κ3) is 5.59. The van der Waals surface area contributed by atoms with Gasteiger partial charge in [-0.2, -0.15) is 0 Å². The van der Waals surface area contributed by atoms with E-state index in [0.29, 0.717) is 18.1 Å². The Morgan fingerprint density at radius 2 is 1.82 bits per heavy atom. The van der Waals surface area contributed by atoms with Gasteiger partial charge in [-0.25, -0.2) is 22.6 Å². The van der Waals surface area contributed by atoms with Gasteiger partial charge in [0.2, 0.25) is 21.9 Å². The summed E-state index contributed by atoms with van der Waals surface area (Å²) < 4.78 is 30.3. The highest BCUT2D eigenvalue weighted by Crippen LogP contribution is 2.40. The molecule has 5 rings (SSSR count). The number of nitrogens with one attached hydrogen (secondary N) is 2. The van der Waals surface area contributed by atoms with Crippen molar-refractivity contribution in [3.8, 4) is 11.3 Å². The molecule has 4 aromatic rings. The van der Waals surface area contributed by atoms with Gasteiger partial charge in [0.05, 0.1) is 22.3 Å². The molecule has 9 nitrogen and oxygen atoms in total. The second-order valence-electron chi connectivity index (χ2n) is 12.0. The maximum atomic E-state index is 12.9. The zero-order valence-electron chi connectivity index (χ0n) is 23.8. The first-order chi connectivity index (χ1) is 18.7. The molecule has 0 fully saturated rings. The average molecular weight is 561 g/mol. The van der Waals surface area contributed by atoms with Gasteiger partial charge < -0.3 is 10.2 Å². The third-order valence-electron chi connectivity index (χ3n) is 7.12. The summed E-state index contributed by atoms with van der Waals surface area (Å²) >= 11 is 0. The van der Waals surface area contributed by atoms with Crippen molar-refractivity contribution in [3.63, 3.8) is 0 Å². The van der Waals surface area contributed by atoms with E-state index in [-0.39, 0.29) is 16.2 Å². The summed E-state index contributed by atoms with van der Waals surface area (Å²) in [5.74, 6) is 0.401. The normalized spacial score (nSPS) is 15.5. The van der Waals surface area contributed by atoms with Crippen molar-refractivity contribution in [1.82, 2.24) is 19.3 Å². The molecule has 10 heteroatoms. The molecule has 2 aromatic carbocycles. The van der Waals surface area contributed by atoms with E-state index in [9.17, 15) is 13.2 Å². The van der Waals surface area contributed by atoms with E-state index in [1.807, 2.05) is 56.0 Å². The lowest BCUT2D eigenvalue weighted by atomic mass is 9.80. The van der Waals surface area contributed by atoms with Crippen molar-refractivity contribution >= 4 is 38.8 Å². The molecule has 1 amide bonds. The monoisotopic (exact) mass is 560 g/mol. The molecule has 0 spiro atoms. The number of anilines is 3. The minimum absolute atomic E-state index is 0.0210. The second kappa shape index (κ2) is 10.0. The van der Waals surface area contributed by atoms with Crippen LogP contribution in [-0.2, 0) is 20.2 Å². The number of aromatic nitrogens is 3. The zero-order valence-corrected chi connectivity index (χ0v) is 24.6. The fourth-order valence-corrected chi connectivity index (χ4v) is 6.72. The Labute approximate surface area is 235 Å². The number of benzene rings is 2. The van der Waals surface area contributed by atoms with Crippen LogP contribution in [0.3, 0.4) is 0 Å². The van der Waals surface area contributed by atoms with Gasteiger partial charge in [-0.3, -0.25) is 4.79 Å². The minimum atomic E-state index is -3.70. The van der Waals surface area contributed by atoms with Gasteiger partial charge in [-0.1, -0.05) is 32.0 Å². The first-order valence-electron chi connectivity index (χ1n) is 13.4. The molecule has 0 saturated carbocycles. The van der Waals surface area contributed by atoms with Crippen LogP contribution in [0.4, 0.5) is 17.3 Å². The van der Waals surface area contributed by atoms with Crippen LogP contribution in [0.5, 0.6) is 0 Å². The molecule has 1 aliphatic rings. The molecule has 0 unspecified atom stereocenters. The number of amides is 1. The van der Waals surface area contributed by atoms with Crippen LogP contribution >= 0.6 is 0 Å². The van der Waals surface area contributed by atoms with Crippen LogP contribution < -0.4 is 14.9 Å². The topological polar surface area (TPSA) is 109 Å². The number of nitrogens with zero attached hydrogens (tertiary/aromatic N) is 4. The lowest BCUT2D eigenvalue weighted by Crippen LogP contribution is -2.40. The molecule has 0 aliphatic carbocycles. The van der Waals surface area contributed by atoms with E-state index in [0.717, 1.165) is 41.0 Å². The highest BCUT2D eigenvalue weighted by Gasteiger charge is 2.30. The fourth-order valence-electron chi connectivity index (χ4n) is 5.26. The number of carbonyl (C=O) groups is 1. The van der Waals surface area contributed by atoms with Gasteiger partial charge in [0.15, 0.2) is 0 Å². The number of sulfonamides is 1. The predicted octanol–water partition coefficient (Wildman–Crippen LogP) is 5.64. The summed E-state index contributed by atoms with van der Waals surface area (Å²) in [7, 11) is -3.70. The third-order valence-corrected chi connectivity index (χ3v) is 8.87. The largest absolute Gasteiger partial charge is 0.323 e. The van der Waals surface area contributed by atoms with Crippen LogP contribution in [0.1, 0.15) is 59.9 Å². The van der Waals surface area contributed by atoms with Crippen LogP contribution in [0.25, 0.3) is 16.8 Å². The van der Waals surface area contributed by atoms with Crippen molar-refractivity contribution in [1.29, 1.82) is 0 Å². The van der Waals surface area contributed by atoms with Gasteiger partial charge in [0.25, 0.3) is 0 Å². The van der Waals surface area contributed by atoms with Gasteiger partial charge >= 0.3 is 0 Å². The number of hydrogen-bond donors (Lipinski definition) is 2. The van der Waals surface area contributed by atoms with E-state index in [4.69, 9.17) is 5.10 Å². The van der Waals surface area contributed by atoms with Crippen molar-refractivity contribution in [3.05, 3.63) is 66.4 Å². The SMILES string of the molecule is CC(=O)N1CCCC(C)(C)c2ccc(Nc3ncc4ccc(-c5cccc(S(=O)(=O)NC(C)(C)C)c5)n4n3)cc21. The predicted molar refractivity (Wildman–Crippen MR) is 159 cm³/mol. The Bertz CT molecular complexity index is 1700. The first kappa shape index (κ1) is 27.8. The quantitative estimate of drug-likeness (QED) is 0.327. The van der Waals surface area contributed by atoms with Crippen LogP contribution in [0.15, 0.2) is 65.7 Å². The number of fused-ring (bicyclic) bond motifs is 2. The van der Waals surface area contributed by atoms with Crippen molar-refractivity contribution < 1.29 is 13.2 Å². The Morgan fingerprint density at radius 3 is 2.55 bits per heavy atom. The molecule has 0 saturated heterocycles. The summed E-state index contributed by atoms with van der Waals surface area (Å²) in [5.41, 5.74) is 4.40. The van der Waals surface area contributed by atoms with Crippen molar-refractivity contribution in [2.75, 3.05) is 16.8 Å². The van der Waals surface area contributed by atoms with Gasteiger partial charge in [0, 0.05) is 35.9 Å². The molecule has 2 aromatic heterocycles. The summed E-state index contributed by atoms with van der Waals surface area (Å²) in [4.78, 5) is 19.0. The summed E-state index contributed by atoms with van der Waals surface area (Å²) in [6.07, 6.45) is 3.66. The smallest absolute Gasteiger partial charge is 0.245 e. The van der Waals surface area contributed by atoms with Crippen LogP contribution in [0, 0.1) is 0 Å². The zero-order chi connectivity index (χ0) is 28.9. The van der Waals surface area contributed by atoms with E-state index < -0.39 is 15.6 Å². The fraction of sp³-hybridized carbons (Fsp3) is 0.367. The molecule has 3 heterocycles. The molecule has 0 atom stereocenters. The summed E-state index contributed by atoms with van der Waals surface area (Å²) in [6.45, 7) is 12.1. The molecule has 210 valence electrons. The molecule has 40 heavy (non-hydrogen) atoms. The van der Waals surface area contributed by atoms with Crippen molar-refractivity contribution in [2.24, 2.45) is 0 Å². The Hall–Kier alpha value is -3.76. The minimum Gasteiger partial charge on any atom is -0.323 e. The molecular formula is C30H36N6O3S. The van der Waals surface area contributed by atoms with Crippen LogP contribution in [-0.4, -0.2) is 41.0 Å². The molecule has 0 bridgehead atoms. The van der Waals surface area contributed by atoms with E-state index >= 15 is 0 Å². The second-order valence-corrected chi connectivity index (χ2v) is 13.7. The standard InChI is InChI=1S/C30H36N6O3S/c1-20(37)35-16-8-15-30(5,6)25-13-11-22(18-27(25)35)32-28-31-19-23-12-14-26(36(23)33-28)21-9-7-10-24(17-21)40(38,39)34-29(2,3)4/h7,9-14,17-19,34H,8,15-16H2,1-6H3,(H,32,33). The van der Waals surface area contributed by atoms with E-state index in [1.54, 1.807) is 35.8 Å². The number of hydrogen-bond acceptors (Lipinski definition) is 6.